The molecular formula is C15H22ClNO3. The fourth-order valence-electron chi connectivity index (χ4n) is 1.95. The fraction of sp³-hybridized carbons (Fsp3) is 0.533. The number of carbonyl (C=O) groups is 1. The van der Waals surface area contributed by atoms with E-state index in [1.807, 2.05) is 6.92 Å². The molecule has 5 heteroatoms. The van der Waals surface area contributed by atoms with E-state index >= 15 is 0 Å². The molecule has 1 atom stereocenters. The van der Waals surface area contributed by atoms with Gasteiger partial charge in [0.05, 0.1) is 19.8 Å². The van der Waals surface area contributed by atoms with Crippen LogP contribution in [0.4, 0.5) is 0 Å². The minimum Gasteiger partial charge on any atom is -0.383 e. The summed E-state index contributed by atoms with van der Waals surface area (Å²) >= 11 is 5.92. The average molecular weight is 300 g/mol. The van der Waals surface area contributed by atoms with Crippen molar-refractivity contribution in [2.75, 3.05) is 40.5 Å². The first-order valence-electron chi connectivity index (χ1n) is 6.59. The smallest absolute Gasteiger partial charge is 0.176 e. The first-order valence-corrected chi connectivity index (χ1v) is 6.97. The maximum atomic E-state index is 12.3. The summed E-state index contributed by atoms with van der Waals surface area (Å²) in [6, 6.07) is 7.17. The van der Waals surface area contributed by atoms with Crippen molar-refractivity contribution in [2.24, 2.45) is 0 Å². The normalized spacial score (nSPS) is 12.7. The van der Waals surface area contributed by atoms with Gasteiger partial charge in [-0.2, -0.15) is 0 Å². The van der Waals surface area contributed by atoms with Crippen molar-refractivity contribution in [2.45, 2.75) is 13.0 Å². The third-order valence-electron chi connectivity index (χ3n) is 3.11. The van der Waals surface area contributed by atoms with E-state index in [9.17, 15) is 4.79 Å². The largest absolute Gasteiger partial charge is 0.383 e. The van der Waals surface area contributed by atoms with Gasteiger partial charge in [-0.25, -0.2) is 0 Å². The van der Waals surface area contributed by atoms with Gasteiger partial charge in [-0.15, -0.1) is 0 Å². The number of carbonyl (C=O) groups excluding carboxylic acids is 1. The molecule has 0 fully saturated rings. The molecule has 1 aromatic carbocycles. The summed E-state index contributed by atoms with van der Waals surface area (Å²) in [5.74, 6) is 0.0477. The molecule has 0 saturated carbocycles. The van der Waals surface area contributed by atoms with Crippen LogP contribution in [-0.2, 0) is 9.47 Å². The SMILES string of the molecule is COCCN(CC(=O)c1cccc(Cl)c1)C(C)COC. The number of nitrogens with zero attached hydrogens (tertiary/aromatic N) is 1. The summed E-state index contributed by atoms with van der Waals surface area (Å²) in [5.41, 5.74) is 0.629. The molecule has 112 valence electrons. The molecule has 0 aliphatic carbocycles. The van der Waals surface area contributed by atoms with Crippen LogP contribution in [0.25, 0.3) is 0 Å². The standard InChI is InChI=1S/C15H22ClNO3/c1-12(11-20-3)17(7-8-19-2)10-15(18)13-5-4-6-14(16)9-13/h4-6,9,12H,7-8,10-11H2,1-3H3. The van der Waals surface area contributed by atoms with Crippen LogP contribution in [0.1, 0.15) is 17.3 Å². The van der Waals surface area contributed by atoms with Gasteiger partial charge in [-0.05, 0) is 19.1 Å². The van der Waals surface area contributed by atoms with Crippen LogP contribution in [0.2, 0.25) is 5.02 Å². The van der Waals surface area contributed by atoms with Gasteiger partial charge < -0.3 is 9.47 Å². The molecule has 20 heavy (non-hydrogen) atoms. The number of ketones is 1. The number of Topliss-reactive ketones (excluding diaryl/α,β-unsaturated/α-hetero) is 1. The van der Waals surface area contributed by atoms with Crippen LogP contribution in [0.5, 0.6) is 0 Å². The van der Waals surface area contributed by atoms with E-state index in [0.29, 0.717) is 36.9 Å². The van der Waals surface area contributed by atoms with Crippen LogP contribution < -0.4 is 0 Å². The van der Waals surface area contributed by atoms with E-state index in [-0.39, 0.29) is 11.8 Å². The van der Waals surface area contributed by atoms with Gasteiger partial charge in [0.15, 0.2) is 5.78 Å². The Labute approximate surface area is 125 Å². The molecule has 0 spiro atoms. The zero-order valence-electron chi connectivity index (χ0n) is 12.3. The molecule has 1 rings (SSSR count). The van der Waals surface area contributed by atoms with E-state index < -0.39 is 0 Å². The first-order chi connectivity index (χ1) is 9.58. The first kappa shape index (κ1) is 17.1. The highest BCUT2D eigenvalue weighted by Crippen LogP contribution is 2.12. The Morgan fingerprint density at radius 3 is 2.70 bits per heavy atom. The molecule has 0 N–H and O–H groups in total. The zero-order chi connectivity index (χ0) is 15.0. The molecule has 0 radical (unpaired) electrons. The van der Waals surface area contributed by atoms with E-state index in [1.54, 1.807) is 38.5 Å². The van der Waals surface area contributed by atoms with Gasteiger partial charge in [-0.3, -0.25) is 9.69 Å². The van der Waals surface area contributed by atoms with Crippen LogP contribution in [0.15, 0.2) is 24.3 Å². The minimum absolute atomic E-state index is 0.0477. The second-order valence-electron chi connectivity index (χ2n) is 4.70. The molecule has 0 aromatic heterocycles. The predicted molar refractivity (Wildman–Crippen MR) is 80.6 cm³/mol. The van der Waals surface area contributed by atoms with Gasteiger partial charge in [0.2, 0.25) is 0 Å². The summed E-state index contributed by atoms with van der Waals surface area (Å²) < 4.78 is 10.2. The molecule has 0 saturated heterocycles. The van der Waals surface area contributed by atoms with Crippen molar-refractivity contribution < 1.29 is 14.3 Å². The molecule has 1 aromatic rings. The number of methoxy groups -OCH3 is 2. The Bertz CT molecular complexity index is 425. The molecule has 0 aliphatic rings. The van der Waals surface area contributed by atoms with E-state index in [1.165, 1.54) is 0 Å². The molecule has 4 nitrogen and oxygen atoms in total. The van der Waals surface area contributed by atoms with Crippen LogP contribution in [-0.4, -0.2) is 57.2 Å². The van der Waals surface area contributed by atoms with Gasteiger partial charge in [-0.1, -0.05) is 23.7 Å². The topological polar surface area (TPSA) is 38.8 Å². The lowest BCUT2D eigenvalue weighted by Crippen LogP contribution is -2.41. The van der Waals surface area contributed by atoms with E-state index in [2.05, 4.69) is 4.90 Å². The number of halogens is 1. The van der Waals surface area contributed by atoms with Crippen molar-refractivity contribution >= 4 is 17.4 Å². The maximum absolute atomic E-state index is 12.3. The summed E-state index contributed by atoms with van der Waals surface area (Å²) in [6.07, 6.45) is 0. The Hall–Kier alpha value is -0.940. The lowest BCUT2D eigenvalue weighted by Gasteiger charge is -2.27. The lowest BCUT2D eigenvalue weighted by molar-refractivity contribution is 0.0651. The van der Waals surface area contributed by atoms with E-state index in [0.717, 1.165) is 0 Å². The lowest BCUT2D eigenvalue weighted by atomic mass is 10.1. The molecule has 0 amide bonds. The Morgan fingerprint density at radius 1 is 1.35 bits per heavy atom. The molecule has 0 heterocycles. The van der Waals surface area contributed by atoms with Gasteiger partial charge in [0, 0.05) is 37.4 Å². The van der Waals surface area contributed by atoms with Crippen molar-refractivity contribution in [1.82, 2.24) is 4.90 Å². The van der Waals surface area contributed by atoms with Crippen LogP contribution in [0, 0.1) is 0 Å². The van der Waals surface area contributed by atoms with E-state index in [4.69, 9.17) is 21.1 Å². The summed E-state index contributed by atoms with van der Waals surface area (Å²) in [5, 5.41) is 0.573. The van der Waals surface area contributed by atoms with Crippen LogP contribution >= 0.6 is 11.6 Å². The number of benzene rings is 1. The predicted octanol–water partition coefficient (Wildman–Crippen LogP) is 2.51. The molecule has 1 unspecified atom stereocenters. The van der Waals surface area contributed by atoms with Crippen molar-refractivity contribution in [1.29, 1.82) is 0 Å². The minimum atomic E-state index is 0.0477. The highest BCUT2D eigenvalue weighted by atomic mass is 35.5. The van der Waals surface area contributed by atoms with Crippen molar-refractivity contribution in [3.8, 4) is 0 Å². The molecular weight excluding hydrogens is 278 g/mol. The van der Waals surface area contributed by atoms with Crippen molar-refractivity contribution in [3.63, 3.8) is 0 Å². The zero-order valence-corrected chi connectivity index (χ0v) is 13.0. The second-order valence-corrected chi connectivity index (χ2v) is 5.14. The van der Waals surface area contributed by atoms with Crippen molar-refractivity contribution in [3.05, 3.63) is 34.9 Å². The highest BCUT2D eigenvalue weighted by Gasteiger charge is 2.18. The van der Waals surface area contributed by atoms with Gasteiger partial charge in [0.1, 0.15) is 0 Å². The Balaban J connectivity index is 2.70. The average Bonchev–Trinajstić information content (AvgIpc) is 2.43. The highest BCUT2D eigenvalue weighted by molar-refractivity contribution is 6.31. The van der Waals surface area contributed by atoms with Crippen LogP contribution in [0.3, 0.4) is 0 Å². The quantitative estimate of drug-likeness (QED) is 0.657. The summed E-state index contributed by atoms with van der Waals surface area (Å²) in [4.78, 5) is 14.3. The number of rotatable bonds is 9. The summed E-state index contributed by atoms with van der Waals surface area (Å²) in [7, 11) is 3.31. The van der Waals surface area contributed by atoms with Gasteiger partial charge in [0.25, 0.3) is 0 Å². The Morgan fingerprint density at radius 2 is 2.10 bits per heavy atom. The monoisotopic (exact) mass is 299 g/mol. The number of hydrogen-bond acceptors (Lipinski definition) is 4. The molecule has 0 aliphatic heterocycles. The maximum Gasteiger partial charge on any atom is 0.176 e. The third-order valence-corrected chi connectivity index (χ3v) is 3.34. The number of ether oxygens (including phenoxy) is 2. The number of hydrogen-bond donors (Lipinski definition) is 0. The second kappa shape index (κ2) is 9.08. The summed E-state index contributed by atoms with van der Waals surface area (Å²) in [6.45, 7) is 4.20. The third kappa shape index (κ3) is 5.59. The Kier molecular flexibility index (Phi) is 7.77. The molecule has 0 bridgehead atoms. The fourth-order valence-corrected chi connectivity index (χ4v) is 2.14. The van der Waals surface area contributed by atoms with Gasteiger partial charge >= 0.3 is 0 Å².